The van der Waals surface area contributed by atoms with Crippen LogP contribution in [0.2, 0.25) is 0 Å². The number of benzene rings is 1. The molecule has 1 fully saturated rings. The second kappa shape index (κ2) is 12.8. The van der Waals surface area contributed by atoms with Crippen molar-refractivity contribution < 1.29 is 33.8 Å². The number of rotatable bonds is 10. The summed E-state index contributed by atoms with van der Waals surface area (Å²) >= 11 is 0. The van der Waals surface area contributed by atoms with E-state index in [-0.39, 0.29) is 32.4 Å². The minimum atomic E-state index is -1.28. The fourth-order valence-electron chi connectivity index (χ4n) is 3.44. The van der Waals surface area contributed by atoms with Crippen LogP contribution in [0.4, 0.5) is 4.79 Å². The first-order chi connectivity index (χ1) is 15.3. The highest BCUT2D eigenvalue weighted by atomic mass is 16.5. The predicted octanol–water partition coefficient (Wildman–Crippen LogP) is 1.24. The van der Waals surface area contributed by atoms with E-state index in [0.717, 1.165) is 10.5 Å². The van der Waals surface area contributed by atoms with Crippen molar-refractivity contribution in [1.29, 1.82) is 0 Å². The van der Waals surface area contributed by atoms with Crippen LogP contribution < -0.4 is 5.32 Å². The van der Waals surface area contributed by atoms with E-state index in [0.29, 0.717) is 25.9 Å². The zero-order valence-corrected chi connectivity index (χ0v) is 18.5. The fraction of sp³-hybridized carbons (Fsp3) is 0.545. The van der Waals surface area contributed by atoms with Crippen LogP contribution in [0.5, 0.6) is 0 Å². The lowest BCUT2D eigenvalue weighted by atomic mass is 10.1. The molecule has 1 aliphatic heterocycles. The standard InChI is InChI=1S/C22H31N3O7/c1-3-31-20(27)13-23-19(26)15-32-18-9-11-24(12-10-18)16(2)21(28)25(22(29)30)14-17-7-5-4-6-8-17/h4-8,16,18H,3,9-15H2,1-2H3,(H,23,26)(H,29,30). The molecule has 1 heterocycles. The Morgan fingerprint density at radius 1 is 1.19 bits per heavy atom. The Balaban J connectivity index is 1.77. The van der Waals surface area contributed by atoms with Crippen molar-refractivity contribution >= 4 is 23.9 Å². The van der Waals surface area contributed by atoms with Crippen LogP contribution in [-0.4, -0.2) is 83.8 Å². The lowest BCUT2D eigenvalue weighted by Crippen LogP contribution is -2.51. The molecule has 1 atom stereocenters. The van der Waals surface area contributed by atoms with Crippen LogP contribution in [0, 0.1) is 0 Å². The first-order valence-electron chi connectivity index (χ1n) is 10.7. The van der Waals surface area contributed by atoms with Crippen molar-refractivity contribution in [3.05, 3.63) is 35.9 Å². The highest BCUT2D eigenvalue weighted by molar-refractivity contribution is 5.94. The lowest BCUT2D eigenvalue weighted by Gasteiger charge is -2.36. The van der Waals surface area contributed by atoms with Gasteiger partial charge in [0.15, 0.2) is 0 Å². The summed E-state index contributed by atoms with van der Waals surface area (Å²) in [5.74, 6) is -1.38. The number of carbonyl (C=O) groups is 4. The molecule has 0 bridgehead atoms. The van der Waals surface area contributed by atoms with Crippen molar-refractivity contribution in [3.8, 4) is 0 Å². The third kappa shape index (κ3) is 7.93. The minimum Gasteiger partial charge on any atom is -0.465 e. The molecule has 10 nitrogen and oxygen atoms in total. The third-order valence-electron chi connectivity index (χ3n) is 5.25. The van der Waals surface area contributed by atoms with Crippen molar-refractivity contribution in [3.63, 3.8) is 0 Å². The van der Waals surface area contributed by atoms with Gasteiger partial charge in [0, 0.05) is 13.1 Å². The number of carbonyl (C=O) groups excluding carboxylic acids is 3. The lowest BCUT2D eigenvalue weighted by molar-refractivity contribution is -0.144. The first-order valence-corrected chi connectivity index (χ1v) is 10.7. The van der Waals surface area contributed by atoms with Gasteiger partial charge in [-0.1, -0.05) is 30.3 Å². The summed E-state index contributed by atoms with van der Waals surface area (Å²) in [6.45, 7) is 4.36. The number of nitrogens with zero attached hydrogens (tertiary/aromatic N) is 2. The summed E-state index contributed by atoms with van der Waals surface area (Å²) in [7, 11) is 0. The zero-order chi connectivity index (χ0) is 23.5. The molecule has 2 N–H and O–H groups in total. The van der Waals surface area contributed by atoms with Crippen LogP contribution in [0.3, 0.4) is 0 Å². The Labute approximate surface area is 187 Å². The second-order valence-corrected chi connectivity index (χ2v) is 7.50. The van der Waals surface area contributed by atoms with E-state index in [2.05, 4.69) is 5.32 Å². The van der Waals surface area contributed by atoms with Crippen molar-refractivity contribution in [2.24, 2.45) is 0 Å². The quantitative estimate of drug-likeness (QED) is 0.511. The summed E-state index contributed by atoms with van der Waals surface area (Å²) in [5, 5.41) is 12.0. The van der Waals surface area contributed by atoms with E-state index >= 15 is 0 Å². The highest BCUT2D eigenvalue weighted by Crippen LogP contribution is 2.18. The molecule has 32 heavy (non-hydrogen) atoms. The van der Waals surface area contributed by atoms with Crippen molar-refractivity contribution in [2.75, 3.05) is 32.8 Å². The molecule has 0 saturated carbocycles. The van der Waals surface area contributed by atoms with Crippen LogP contribution in [0.1, 0.15) is 32.3 Å². The number of hydrogen-bond donors (Lipinski definition) is 2. The van der Waals surface area contributed by atoms with Crippen molar-refractivity contribution in [2.45, 2.75) is 45.4 Å². The molecule has 0 radical (unpaired) electrons. The van der Waals surface area contributed by atoms with E-state index in [1.165, 1.54) is 0 Å². The monoisotopic (exact) mass is 449 g/mol. The van der Waals surface area contributed by atoms with Gasteiger partial charge in [-0.15, -0.1) is 0 Å². The molecule has 1 aromatic carbocycles. The normalized spacial score (nSPS) is 15.6. The molecule has 1 aliphatic rings. The Morgan fingerprint density at radius 3 is 2.44 bits per heavy atom. The zero-order valence-electron chi connectivity index (χ0n) is 18.5. The Bertz CT molecular complexity index is 779. The van der Waals surface area contributed by atoms with Gasteiger partial charge in [0.1, 0.15) is 13.2 Å². The van der Waals surface area contributed by atoms with Gasteiger partial charge < -0.3 is 19.9 Å². The van der Waals surface area contributed by atoms with E-state index in [1.54, 1.807) is 38.1 Å². The molecule has 2 rings (SSSR count). The minimum absolute atomic E-state index is 0.000165. The van der Waals surface area contributed by atoms with Gasteiger partial charge >= 0.3 is 12.1 Å². The molecular weight excluding hydrogens is 418 g/mol. The fourth-order valence-corrected chi connectivity index (χ4v) is 3.44. The SMILES string of the molecule is CCOC(=O)CNC(=O)COC1CCN(C(C)C(=O)N(Cc2ccccc2)C(=O)O)CC1. The molecule has 1 saturated heterocycles. The molecule has 176 valence electrons. The number of esters is 1. The topological polar surface area (TPSA) is 125 Å². The first kappa shape index (κ1) is 25.3. The average molecular weight is 450 g/mol. The Kier molecular flexibility index (Phi) is 10.1. The molecule has 3 amide bonds. The van der Waals surface area contributed by atoms with Gasteiger partial charge in [-0.25, -0.2) is 9.69 Å². The maximum atomic E-state index is 12.8. The van der Waals surface area contributed by atoms with Crippen LogP contribution >= 0.6 is 0 Å². The Hall–Kier alpha value is -2.98. The molecule has 0 spiro atoms. The highest BCUT2D eigenvalue weighted by Gasteiger charge is 2.32. The van der Waals surface area contributed by atoms with E-state index in [4.69, 9.17) is 9.47 Å². The molecular formula is C22H31N3O7. The number of ether oxygens (including phenoxy) is 2. The van der Waals surface area contributed by atoms with Gasteiger partial charge in [-0.05, 0) is 32.3 Å². The maximum absolute atomic E-state index is 12.8. The number of carboxylic acid groups (broad SMARTS) is 1. The van der Waals surface area contributed by atoms with Gasteiger partial charge in [0.2, 0.25) is 11.8 Å². The second-order valence-electron chi connectivity index (χ2n) is 7.50. The maximum Gasteiger partial charge on any atom is 0.414 e. The van der Waals surface area contributed by atoms with E-state index in [9.17, 15) is 24.3 Å². The molecule has 1 unspecified atom stereocenters. The van der Waals surface area contributed by atoms with Crippen LogP contribution in [0.25, 0.3) is 0 Å². The third-order valence-corrected chi connectivity index (χ3v) is 5.25. The van der Waals surface area contributed by atoms with E-state index in [1.807, 2.05) is 11.0 Å². The van der Waals surface area contributed by atoms with Crippen LogP contribution in [-0.2, 0) is 30.4 Å². The Morgan fingerprint density at radius 2 is 1.84 bits per heavy atom. The number of hydrogen-bond acceptors (Lipinski definition) is 7. The van der Waals surface area contributed by atoms with Gasteiger partial charge in [-0.3, -0.25) is 19.3 Å². The molecule has 0 aromatic heterocycles. The van der Waals surface area contributed by atoms with Crippen molar-refractivity contribution in [1.82, 2.24) is 15.1 Å². The van der Waals surface area contributed by atoms with Gasteiger partial charge in [0.25, 0.3) is 0 Å². The largest absolute Gasteiger partial charge is 0.465 e. The molecule has 0 aliphatic carbocycles. The van der Waals surface area contributed by atoms with Crippen LogP contribution in [0.15, 0.2) is 30.3 Å². The number of imide groups is 1. The van der Waals surface area contributed by atoms with E-state index < -0.39 is 29.9 Å². The molecule has 10 heteroatoms. The number of piperidine rings is 1. The summed E-state index contributed by atoms with van der Waals surface area (Å²) in [6, 6.07) is 8.38. The summed E-state index contributed by atoms with van der Waals surface area (Å²) in [4.78, 5) is 50.3. The average Bonchev–Trinajstić information content (AvgIpc) is 2.80. The number of nitrogens with one attached hydrogen (secondary N) is 1. The summed E-state index contributed by atoms with van der Waals surface area (Å²) in [6.07, 6.45) is -0.220. The number of amides is 3. The molecule has 1 aromatic rings. The summed E-state index contributed by atoms with van der Waals surface area (Å²) in [5.41, 5.74) is 0.740. The number of likely N-dealkylation sites (tertiary alicyclic amines) is 1. The predicted molar refractivity (Wildman–Crippen MR) is 115 cm³/mol. The van der Waals surface area contributed by atoms with Gasteiger partial charge in [-0.2, -0.15) is 0 Å². The van der Waals surface area contributed by atoms with Gasteiger partial charge in [0.05, 0.1) is 25.3 Å². The smallest absolute Gasteiger partial charge is 0.414 e. The summed E-state index contributed by atoms with van der Waals surface area (Å²) < 4.78 is 10.3.